The molecule has 1 aliphatic carbocycles. The van der Waals surface area contributed by atoms with Gasteiger partial charge in [0.15, 0.2) is 5.41 Å². The normalized spacial score (nSPS) is 23.4. The molecule has 0 aliphatic heterocycles. The second-order valence-corrected chi connectivity index (χ2v) is 6.09. The minimum absolute atomic E-state index is 0.159. The van der Waals surface area contributed by atoms with Crippen molar-refractivity contribution in [1.29, 1.82) is 0 Å². The van der Waals surface area contributed by atoms with Gasteiger partial charge in [0.05, 0.1) is 13.2 Å². The first-order valence-corrected chi connectivity index (χ1v) is 7.82. The highest BCUT2D eigenvalue weighted by Gasteiger charge is 2.60. The van der Waals surface area contributed by atoms with Crippen LogP contribution in [0.1, 0.15) is 39.5 Å². The van der Waals surface area contributed by atoms with Crippen LogP contribution >= 0.6 is 0 Å². The molecule has 0 aromatic heterocycles. The van der Waals surface area contributed by atoms with Crippen molar-refractivity contribution in [3.05, 3.63) is 0 Å². The van der Waals surface area contributed by atoms with Gasteiger partial charge < -0.3 is 9.47 Å². The summed E-state index contributed by atoms with van der Waals surface area (Å²) in [6.45, 7) is 2.53. The fourth-order valence-corrected chi connectivity index (χ4v) is 3.34. The van der Waals surface area contributed by atoms with E-state index < -0.39 is 67.2 Å². The fourth-order valence-electron chi connectivity index (χ4n) is 3.34. The molecule has 0 bridgehead atoms. The second-order valence-electron chi connectivity index (χ2n) is 6.09. The molecule has 0 aromatic rings. The number of carbonyl (C=O) groups is 2. The first kappa shape index (κ1) is 21.6. The molecule has 1 saturated carbocycles. The molecule has 0 heterocycles. The van der Waals surface area contributed by atoms with E-state index in [1.165, 1.54) is 13.8 Å². The molecule has 0 aromatic carbocycles. The highest BCUT2D eigenvalue weighted by atomic mass is 19.4. The Labute approximate surface area is 140 Å². The summed E-state index contributed by atoms with van der Waals surface area (Å²) in [6.07, 6.45) is -13.8. The number of alkyl halides is 6. The standard InChI is InChI=1S/C15H20F6O4/c1-3-24-11(22)13(12(23)25-4-2)5-9(7-14(16,17)18)10(6-13)8-15(19,20)21/h9-10H,3-8H2,1-2H3. The molecule has 146 valence electrons. The summed E-state index contributed by atoms with van der Waals surface area (Å²) >= 11 is 0. The average molecular weight is 378 g/mol. The molecule has 1 aliphatic rings. The van der Waals surface area contributed by atoms with Crippen molar-refractivity contribution in [3.63, 3.8) is 0 Å². The van der Waals surface area contributed by atoms with E-state index in [0.29, 0.717) is 0 Å². The highest BCUT2D eigenvalue weighted by molar-refractivity contribution is 6.00. The molecule has 0 spiro atoms. The third kappa shape index (κ3) is 5.78. The van der Waals surface area contributed by atoms with Gasteiger partial charge in [0, 0.05) is 12.8 Å². The molecule has 0 N–H and O–H groups in total. The monoisotopic (exact) mass is 378 g/mol. The lowest BCUT2D eigenvalue weighted by Crippen LogP contribution is -2.40. The van der Waals surface area contributed by atoms with Gasteiger partial charge in [-0.05, 0) is 38.5 Å². The van der Waals surface area contributed by atoms with E-state index >= 15 is 0 Å². The van der Waals surface area contributed by atoms with E-state index in [1.54, 1.807) is 0 Å². The molecular weight excluding hydrogens is 358 g/mol. The van der Waals surface area contributed by atoms with E-state index in [1.807, 2.05) is 0 Å². The van der Waals surface area contributed by atoms with Crippen LogP contribution in [0.5, 0.6) is 0 Å². The van der Waals surface area contributed by atoms with Gasteiger partial charge in [0.25, 0.3) is 0 Å². The first-order valence-electron chi connectivity index (χ1n) is 7.82. The van der Waals surface area contributed by atoms with Gasteiger partial charge in [0.1, 0.15) is 0 Å². The largest absolute Gasteiger partial charge is 0.465 e. The Kier molecular flexibility index (Phi) is 6.74. The first-order chi connectivity index (χ1) is 11.3. The second kappa shape index (κ2) is 7.82. The summed E-state index contributed by atoms with van der Waals surface area (Å²) in [5.41, 5.74) is -2.13. The van der Waals surface area contributed by atoms with Crippen molar-refractivity contribution in [2.24, 2.45) is 17.3 Å². The van der Waals surface area contributed by atoms with Crippen LogP contribution in [0.4, 0.5) is 26.3 Å². The number of hydrogen-bond donors (Lipinski definition) is 0. The Balaban J connectivity index is 3.20. The summed E-state index contributed by atoms with van der Waals surface area (Å²) in [5.74, 6) is -5.30. The van der Waals surface area contributed by atoms with Gasteiger partial charge in [0.2, 0.25) is 0 Å². The van der Waals surface area contributed by atoms with Crippen molar-refractivity contribution in [2.45, 2.75) is 51.9 Å². The summed E-state index contributed by atoms with van der Waals surface area (Å²) in [4.78, 5) is 24.4. The summed E-state index contributed by atoms with van der Waals surface area (Å²) in [6, 6.07) is 0. The zero-order valence-corrected chi connectivity index (χ0v) is 13.8. The van der Waals surface area contributed by atoms with Gasteiger partial charge in [-0.2, -0.15) is 26.3 Å². The quantitative estimate of drug-likeness (QED) is 0.398. The van der Waals surface area contributed by atoms with Crippen LogP contribution in [-0.4, -0.2) is 37.5 Å². The number of carbonyl (C=O) groups excluding carboxylic acids is 2. The maximum Gasteiger partial charge on any atom is 0.389 e. The minimum Gasteiger partial charge on any atom is -0.465 e. The van der Waals surface area contributed by atoms with Crippen LogP contribution < -0.4 is 0 Å². The lowest BCUT2D eigenvalue weighted by atomic mass is 9.84. The molecule has 4 nitrogen and oxygen atoms in total. The Morgan fingerprint density at radius 2 is 1.16 bits per heavy atom. The van der Waals surface area contributed by atoms with Crippen molar-refractivity contribution in [1.82, 2.24) is 0 Å². The van der Waals surface area contributed by atoms with Crippen LogP contribution in [-0.2, 0) is 19.1 Å². The van der Waals surface area contributed by atoms with Gasteiger partial charge >= 0.3 is 24.3 Å². The molecule has 0 saturated heterocycles. The molecular formula is C15H20F6O4. The molecule has 0 amide bonds. The molecule has 0 radical (unpaired) electrons. The van der Waals surface area contributed by atoms with Crippen LogP contribution in [0.3, 0.4) is 0 Å². The summed E-state index contributed by atoms with van der Waals surface area (Å²) in [5, 5.41) is 0. The predicted molar refractivity (Wildman–Crippen MR) is 73.3 cm³/mol. The highest BCUT2D eigenvalue weighted by Crippen LogP contribution is 2.53. The number of halogens is 6. The van der Waals surface area contributed by atoms with E-state index in [4.69, 9.17) is 9.47 Å². The van der Waals surface area contributed by atoms with Crippen LogP contribution in [0.25, 0.3) is 0 Å². The number of hydrogen-bond acceptors (Lipinski definition) is 4. The summed E-state index contributed by atoms with van der Waals surface area (Å²) in [7, 11) is 0. The lowest BCUT2D eigenvalue weighted by Gasteiger charge is -2.24. The van der Waals surface area contributed by atoms with Crippen LogP contribution in [0.15, 0.2) is 0 Å². The van der Waals surface area contributed by atoms with Gasteiger partial charge in [-0.25, -0.2) is 0 Å². The third-order valence-electron chi connectivity index (χ3n) is 4.21. The van der Waals surface area contributed by atoms with E-state index in [9.17, 15) is 35.9 Å². The topological polar surface area (TPSA) is 52.6 Å². The maximum absolute atomic E-state index is 12.8. The Bertz CT molecular complexity index is 441. The Morgan fingerprint density at radius 1 is 0.840 bits per heavy atom. The Hall–Kier alpha value is -1.48. The van der Waals surface area contributed by atoms with Gasteiger partial charge in [-0.1, -0.05) is 0 Å². The zero-order valence-electron chi connectivity index (χ0n) is 13.8. The minimum atomic E-state index is -4.71. The third-order valence-corrected chi connectivity index (χ3v) is 4.21. The number of esters is 2. The molecule has 25 heavy (non-hydrogen) atoms. The molecule has 2 atom stereocenters. The zero-order chi connectivity index (χ0) is 19.5. The van der Waals surface area contributed by atoms with E-state index in [2.05, 4.69) is 0 Å². The van der Waals surface area contributed by atoms with Gasteiger partial charge in [-0.15, -0.1) is 0 Å². The average Bonchev–Trinajstić information content (AvgIpc) is 2.75. The van der Waals surface area contributed by atoms with Crippen molar-refractivity contribution < 1.29 is 45.4 Å². The molecule has 1 fully saturated rings. The van der Waals surface area contributed by atoms with Crippen molar-refractivity contribution >= 4 is 11.9 Å². The Morgan fingerprint density at radius 3 is 1.40 bits per heavy atom. The number of rotatable bonds is 6. The number of ether oxygens (including phenoxy) is 2. The van der Waals surface area contributed by atoms with Crippen LogP contribution in [0, 0.1) is 17.3 Å². The summed E-state index contributed by atoms with van der Waals surface area (Å²) < 4.78 is 86.0. The molecule has 10 heteroatoms. The van der Waals surface area contributed by atoms with Crippen molar-refractivity contribution in [3.8, 4) is 0 Å². The SMILES string of the molecule is CCOC(=O)C1(C(=O)OCC)CC(CC(F)(F)F)C(CC(F)(F)F)C1. The van der Waals surface area contributed by atoms with Crippen molar-refractivity contribution in [2.75, 3.05) is 13.2 Å². The maximum atomic E-state index is 12.8. The molecule has 2 unspecified atom stereocenters. The lowest BCUT2D eigenvalue weighted by molar-refractivity contribution is -0.173. The van der Waals surface area contributed by atoms with Crippen LogP contribution in [0.2, 0.25) is 0 Å². The fraction of sp³-hybridized carbons (Fsp3) is 0.867. The van der Waals surface area contributed by atoms with E-state index in [0.717, 1.165) is 0 Å². The van der Waals surface area contributed by atoms with E-state index in [-0.39, 0.29) is 13.2 Å². The predicted octanol–water partition coefficient (Wildman–Crippen LogP) is 4.03. The molecule has 1 rings (SSSR count). The smallest absolute Gasteiger partial charge is 0.389 e. The van der Waals surface area contributed by atoms with Gasteiger partial charge in [-0.3, -0.25) is 9.59 Å².